The first-order valence-corrected chi connectivity index (χ1v) is 11.2. The molecule has 1 aromatic heterocycles. The fraction of sp³-hybridized carbons (Fsp3) is 0.318. The summed E-state index contributed by atoms with van der Waals surface area (Å²) in [5.41, 5.74) is 7.29. The van der Waals surface area contributed by atoms with Gasteiger partial charge in [-0.3, -0.25) is 9.59 Å². The first-order valence-electron chi connectivity index (χ1n) is 9.96. The van der Waals surface area contributed by atoms with Crippen LogP contribution in [-0.2, 0) is 4.79 Å². The van der Waals surface area contributed by atoms with Gasteiger partial charge in [-0.15, -0.1) is 11.3 Å². The fourth-order valence-corrected chi connectivity index (χ4v) is 4.98. The highest BCUT2D eigenvalue weighted by atomic mass is 35.5. The maximum atomic E-state index is 12.2. The van der Waals surface area contributed by atoms with E-state index in [2.05, 4.69) is 10.2 Å². The van der Waals surface area contributed by atoms with Gasteiger partial charge in [0.05, 0.1) is 15.2 Å². The fourth-order valence-electron chi connectivity index (χ4n) is 3.70. The highest BCUT2D eigenvalue weighted by molar-refractivity contribution is 7.18. The smallest absolute Gasteiger partial charge is 0.248 e. The summed E-state index contributed by atoms with van der Waals surface area (Å²) < 4.78 is 1.18. The molecule has 1 saturated heterocycles. The molecule has 2 heterocycles. The Morgan fingerprint density at radius 2 is 1.90 bits per heavy atom. The van der Waals surface area contributed by atoms with E-state index in [0.29, 0.717) is 23.6 Å². The molecule has 0 radical (unpaired) electrons. The molecular formula is C22H23ClN4O2S. The van der Waals surface area contributed by atoms with E-state index in [1.54, 1.807) is 35.6 Å². The highest BCUT2D eigenvalue weighted by Crippen LogP contribution is 2.34. The van der Waals surface area contributed by atoms with Gasteiger partial charge in [-0.05, 0) is 68.4 Å². The Kier molecular flexibility index (Phi) is 6.32. The monoisotopic (exact) mass is 442 g/mol. The minimum absolute atomic E-state index is 0.0352. The van der Waals surface area contributed by atoms with Gasteiger partial charge in [0.1, 0.15) is 0 Å². The van der Waals surface area contributed by atoms with Crippen LogP contribution in [0.25, 0.3) is 10.2 Å². The molecule has 1 aliphatic heterocycles. The number of piperidine rings is 1. The molecule has 8 heteroatoms. The highest BCUT2D eigenvalue weighted by Gasteiger charge is 2.23. The number of rotatable bonds is 6. The van der Waals surface area contributed by atoms with Crippen molar-refractivity contribution in [1.29, 1.82) is 0 Å². The number of carbonyl (C=O) groups is 2. The Labute approximate surface area is 184 Å². The van der Waals surface area contributed by atoms with Crippen molar-refractivity contribution < 1.29 is 9.59 Å². The molecule has 0 aliphatic carbocycles. The number of amides is 2. The molecule has 1 aliphatic rings. The number of benzene rings is 2. The summed E-state index contributed by atoms with van der Waals surface area (Å²) in [4.78, 5) is 30.5. The molecule has 30 heavy (non-hydrogen) atoms. The zero-order valence-electron chi connectivity index (χ0n) is 16.4. The number of likely N-dealkylation sites (tertiary alicyclic amines) is 1. The summed E-state index contributed by atoms with van der Waals surface area (Å²) in [5, 5.41) is 4.77. The molecule has 3 aromatic rings. The number of halogens is 1. The quantitative estimate of drug-likeness (QED) is 0.597. The lowest BCUT2D eigenvalue weighted by atomic mass is 9.97. The number of fused-ring (bicyclic) bond motifs is 1. The summed E-state index contributed by atoms with van der Waals surface area (Å²) in [7, 11) is 0. The summed E-state index contributed by atoms with van der Waals surface area (Å²) >= 11 is 7.82. The molecule has 0 unspecified atom stereocenters. The molecule has 1 fully saturated rings. The van der Waals surface area contributed by atoms with Crippen LogP contribution < -0.4 is 11.1 Å². The second-order valence-electron chi connectivity index (χ2n) is 7.52. The van der Waals surface area contributed by atoms with E-state index in [0.717, 1.165) is 43.0 Å². The summed E-state index contributed by atoms with van der Waals surface area (Å²) in [5.74, 6) is -0.0482. The average molecular weight is 443 g/mol. The van der Waals surface area contributed by atoms with Crippen molar-refractivity contribution in [3.8, 4) is 0 Å². The van der Waals surface area contributed by atoms with Crippen molar-refractivity contribution in [3.05, 3.63) is 58.1 Å². The molecule has 0 bridgehead atoms. The van der Waals surface area contributed by atoms with Crippen LogP contribution in [0, 0.1) is 0 Å². The lowest BCUT2D eigenvalue weighted by molar-refractivity contribution is -0.116. The number of carbonyl (C=O) groups excluding carboxylic acids is 2. The van der Waals surface area contributed by atoms with Crippen LogP contribution >= 0.6 is 22.9 Å². The molecule has 156 valence electrons. The van der Waals surface area contributed by atoms with Gasteiger partial charge in [-0.1, -0.05) is 11.6 Å². The molecule has 0 atom stereocenters. The van der Waals surface area contributed by atoms with Gasteiger partial charge in [0.2, 0.25) is 11.8 Å². The van der Waals surface area contributed by atoms with Crippen LogP contribution in [0.3, 0.4) is 0 Å². The number of nitrogens with one attached hydrogen (secondary N) is 1. The van der Waals surface area contributed by atoms with E-state index in [1.165, 1.54) is 9.71 Å². The van der Waals surface area contributed by atoms with Gasteiger partial charge in [0.25, 0.3) is 0 Å². The Morgan fingerprint density at radius 1 is 1.17 bits per heavy atom. The summed E-state index contributed by atoms with van der Waals surface area (Å²) in [6, 6.07) is 12.5. The Balaban J connectivity index is 1.24. The predicted molar refractivity (Wildman–Crippen MR) is 121 cm³/mol. The molecule has 2 aromatic carbocycles. The third kappa shape index (κ3) is 4.98. The molecule has 6 nitrogen and oxygen atoms in total. The third-order valence-electron chi connectivity index (χ3n) is 5.41. The minimum atomic E-state index is -0.481. The van der Waals surface area contributed by atoms with Crippen molar-refractivity contribution in [3.63, 3.8) is 0 Å². The van der Waals surface area contributed by atoms with Crippen LogP contribution in [0.15, 0.2) is 42.5 Å². The van der Waals surface area contributed by atoms with Gasteiger partial charge in [0, 0.05) is 35.2 Å². The third-order valence-corrected chi connectivity index (χ3v) is 6.85. The molecule has 3 N–H and O–H groups in total. The first-order chi connectivity index (χ1) is 14.5. The molecule has 4 rings (SSSR count). The number of primary amides is 1. The first kappa shape index (κ1) is 20.8. The standard InChI is InChI=1S/C22H23ClN4O2S/c23-16-3-6-19-18(13-16)26-22(30-19)15-7-10-27(11-8-15)12-9-20(28)25-17-4-1-14(2-5-17)21(24)29/h1-6,13,15H,7-12H2,(H2,24,29)(H,25,28). The second-order valence-corrected chi connectivity index (χ2v) is 9.02. The van der Waals surface area contributed by atoms with Gasteiger partial charge in [-0.2, -0.15) is 0 Å². The van der Waals surface area contributed by atoms with E-state index in [1.807, 2.05) is 18.2 Å². The normalized spacial score (nSPS) is 15.4. The van der Waals surface area contributed by atoms with E-state index >= 15 is 0 Å². The van der Waals surface area contributed by atoms with Gasteiger partial charge >= 0.3 is 0 Å². The lowest BCUT2D eigenvalue weighted by Gasteiger charge is -2.30. The Hall–Kier alpha value is -2.48. The van der Waals surface area contributed by atoms with E-state index in [4.69, 9.17) is 22.3 Å². The molecule has 0 saturated carbocycles. The number of hydrogen-bond acceptors (Lipinski definition) is 5. The van der Waals surface area contributed by atoms with Gasteiger partial charge in [-0.25, -0.2) is 4.98 Å². The summed E-state index contributed by atoms with van der Waals surface area (Å²) in [6.07, 6.45) is 2.52. The average Bonchev–Trinajstić information content (AvgIpc) is 3.16. The van der Waals surface area contributed by atoms with Crippen molar-refractivity contribution in [1.82, 2.24) is 9.88 Å². The minimum Gasteiger partial charge on any atom is -0.366 e. The maximum Gasteiger partial charge on any atom is 0.248 e. The zero-order chi connectivity index (χ0) is 21.1. The number of nitrogens with zero attached hydrogens (tertiary/aromatic N) is 2. The maximum absolute atomic E-state index is 12.2. The Morgan fingerprint density at radius 3 is 2.60 bits per heavy atom. The number of anilines is 1. The van der Waals surface area contributed by atoms with E-state index in [-0.39, 0.29) is 5.91 Å². The van der Waals surface area contributed by atoms with Crippen molar-refractivity contribution in [2.24, 2.45) is 5.73 Å². The Bertz CT molecular complexity index is 1060. The van der Waals surface area contributed by atoms with Crippen molar-refractivity contribution in [2.45, 2.75) is 25.2 Å². The zero-order valence-corrected chi connectivity index (χ0v) is 18.0. The van der Waals surface area contributed by atoms with Crippen LogP contribution in [0.1, 0.15) is 40.5 Å². The van der Waals surface area contributed by atoms with E-state index < -0.39 is 5.91 Å². The number of hydrogen-bond donors (Lipinski definition) is 2. The predicted octanol–water partition coefficient (Wildman–Crippen LogP) is 4.26. The van der Waals surface area contributed by atoms with Gasteiger partial charge in [0.15, 0.2) is 0 Å². The second kappa shape index (κ2) is 9.12. The van der Waals surface area contributed by atoms with Crippen LogP contribution in [0.5, 0.6) is 0 Å². The van der Waals surface area contributed by atoms with Gasteiger partial charge < -0.3 is 16.0 Å². The van der Waals surface area contributed by atoms with Crippen LogP contribution in [0.4, 0.5) is 5.69 Å². The topological polar surface area (TPSA) is 88.3 Å². The van der Waals surface area contributed by atoms with E-state index in [9.17, 15) is 9.59 Å². The number of thiazole rings is 1. The van der Waals surface area contributed by atoms with Crippen LogP contribution in [0.2, 0.25) is 5.02 Å². The molecular weight excluding hydrogens is 420 g/mol. The summed E-state index contributed by atoms with van der Waals surface area (Å²) in [6.45, 7) is 2.65. The molecule has 0 spiro atoms. The number of nitrogens with two attached hydrogens (primary N) is 1. The lowest BCUT2D eigenvalue weighted by Crippen LogP contribution is -2.35. The largest absolute Gasteiger partial charge is 0.366 e. The van der Waals surface area contributed by atoms with Crippen molar-refractivity contribution >= 4 is 50.7 Å². The SMILES string of the molecule is NC(=O)c1ccc(NC(=O)CCN2CCC(c3nc4cc(Cl)ccc4s3)CC2)cc1. The van der Waals surface area contributed by atoms with Crippen molar-refractivity contribution in [2.75, 3.05) is 25.0 Å². The number of aromatic nitrogens is 1. The van der Waals surface area contributed by atoms with Crippen LogP contribution in [-0.4, -0.2) is 41.3 Å². The molecule has 2 amide bonds.